The number of methoxy groups -OCH3 is 1. The molecular weight excluding hydrogens is 565 g/mol. The highest BCUT2D eigenvalue weighted by Crippen LogP contribution is 2.56. The van der Waals surface area contributed by atoms with Crippen molar-refractivity contribution in [3.63, 3.8) is 0 Å². The van der Waals surface area contributed by atoms with Crippen LogP contribution in [0.5, 0.6) is 5.75 Å². The van der Waals surface area contributed by atoms with Gasteiger partial charge in [-0.1, -0.05) is 78.9 Å². The molecule has 0 radical (unpaired) electrons. The van der Waals surface area contributed by atoms with E-state index >= 15 is 0 Å². The molecule has 0 spiro atoms. The van der Waals surface area contributed by atoms with Gasteiger partial charge >= 0.3 is 19.7 Å². The molecule has 9 heteroatoms. The van der Waals surface area contributed by atoms with Crippen LogP contribution < -0.4 is 15.1 Å². The van der Waals surface area contributed by atoms with Gasteiger partial charge in [0.25, 0.3) is 0 Å². The normalized spacial score (nSPS) is 14.5. The number of carbonyl (C=O) groups is 2. The zero-order valence-electron chi connectivity index (χ0n) is 24.5. The van der Waals surface area contributed by atoms with Gasteiger partial charge in [-0.05, 0) is 72.9 Å². The summed E-state index contributed by atoms with van der Waals surface area (Å²) in [5, 5.41) is 3.00. The van der Waals surface area contributed by atoms with Crippen LogP contribution in [0.4, 0.5) is 4.79 Å². The largest absolute Gasteiger partial charge is 0.467 e. The lowest BCUT2D eigenvalue weighted by Crippen LogP contribution is -2.45. The minimum atomic E-state index is -3.90. The first-order chi connectivity index (χ1) is 20.6. The number of nitrogens with one attached hydrogen (secondary N) is 1. The van der Waals surface area contributed by atoms with E-state index in [4.69, 9.17) is 18.5 Å². The van der Waals surface area contributed by atoms with E-state index in [9.17, 15) is 14.2 Å². The third kappa shape index (κ3) is 6.99. The fraction of sp³-hybridized carbons (Fsp3) is 0.235. The number of carbonyl (C=O) groups excluding carboxylic acids is 2. The molecule has 0 bridgehead atoms. The molecule has 1 amide bonds. The molecule has 2 atom stereocenters. The van der Waals surface area contributed by atoms with Crippen LogP contribution >= 0.6 is 7.60 Å². The lowest BCUT2D eigenvalue weighted by Gasteiger charge is -2.24. The summed E-state index contributed by atoms with van der Waals surface area (Å²) in [5.41, 5.74) is 3.91. The van der Waals surface area contributed by atoms with Crippen LogP contribution in [0.15, 0.2) is 103 Å². The van der Waals surface area contributed by atoms with E-state index in [2.05, 4.69) is 5.32 Å². The van der Waals surface area contributed by atoms with Gasteiger partial charge in [-0.25, -0.2) is 14.2 Å². The van der Waals surface area contributed by atoms with Crippen molar-refractivity contribution in [2.45, 2.75) is 44.9 Å². The van der Waals surface area contributed by atoms with E-state index in [0.29, 0.717) is 16.6 Å². The van der Waals surface area contributed by atoms with Gasteiger partial charge < -0.3 is 19.3 Å². The van der Waals surface area contributed by atoms with Gasteiger partial charge in [-0.2, -0.15) is 0 Å². The molecule has 5 rings (SSSR count). The van der Waals surface area contributed by atoms with Gasteiger partial charge in [0.15, 0.2) is 0 Å². The SMILES string of the molecule is COC(=O)[C@H](Cc1ccc(O[P@](=O)(OC2c3ccccc3-c3ccccc32)c2ccccc2)cc1)NC(=O)OC(C)(C)C. The Bertz CT molecular complexity index is 1600. The Balaban J connectivity index is 1.39. The Morgan fingerprint density at radius 1 is 0.814 bits per heavy atom. The van der Waals surface area contributed by atoms with Crippen molar-refractivity contribution in [3.8, 4) is 16.9 Å². The molecule has 0 unspecified atom stereocenters. The molecule has 0 aromatic heterocycles. The summed E-state index contributed by atoms with van der Waals surface area (Å²) in [6.07, 6.45) is -1.16. The maximum Gasteiger partial charge on any atom is 0.411 e. The Kier molecular flexibility index (Phi) is 8.71. The number of rotatable bonds is 9. The minimum absolute atomic E-state index is 0.148. The van der Waals surface area contributed by atoms with Crippen LogP contribution in [0.2, 0.25) is 0 Å². The van der Waals surface area contributed by atoms with Crippen molar-refractivity contribution in [2.24, 2.45) is 0 Å². The zero-order valence-corrected chi connectivity index (χ0v) is 25.4. The smallest absolute Gasteiger partial charge is 0.411 e. The average molecular weight is 600 g/mol. The van der Waals surface area contributed by atoms with Gasteiger partial charge in [-0.15, -0.1) is 0 Å². The Hall–Kier alpha value is -4.39. The quantitative estimate of drug-likeness (QED) is 0.164. The first-order valence-electron chi connectivity index (χ1n) is 13.9. The fourth-order valence-electron chi connectivity index (χ4n) is 4.95. The van der Waals surface area contributed by atoms with E-state index in [1.165, 1.54) is 7.11 Å². The minimum Gasteiger partial charge on any atom is -0.467 e. The predicted molar refractivity (Wildman–Crippen MR) is 164 cm³/mol. The number of benzene rings is 4. The molecule has 0 saturated carbocycles. The number of fused-ring (bicyclic) bond motifs is 3. The predicted octanol–water partition coefficient (Wildman–Crippen LogP) is 6.98. The number of ether oxygens (including phenoxy) is 2. The van der Waals surface area contributed by atoms with Crippen molar-refractivity contribution < 1.29 is 32.7 Å². The van der Waals surface area contributed by atoms with Gasteiger partial charge in [-0.3, -0.25) is 4.52 Å². The molecule has 0 fully saturated rings. The summed E-state index contributed by atoms with van der Waals surface area (Å²) >= 11 is 0. The molecule has 4 aromatic rings. The van der Waals surface area contributed by atoms with Gasteiger partial charge in [0.1, 0.15) is 23.5 Å². The van der Waals surface area contributed by atoms with Crippen molar-refractivity contribution in [3.05, 3.63) is 120 Å². The van der Waals surface area contributed by atoms with E-state index in [1.807, 2.05) is 54.6 Å². The number of amides is 1. The van der Waals surface area contributed by atoms with Crippen molar-refractivity contribution in [2.75, 3.05) is 7.11 Å². The van der Waals surface area contributed by atoms with Crippen LogP contribution in [-0.2, 0) is 29.8 Å². The average Bonchev–Trinajstić information content (AvgIpc) is 3.30. The third-order valence-corrected chi connectivity index (χ3v) is 8.73. The molecule has 43 heavy (non-hydrogen) atoms. The highest BCUT2D eigenvalue weighted by atomic mass is 31.2. The van der Waals surface area contributed by atoms with Crippen LogP contribution in [0.25, 0.3) is 11.1 Å². The van der Waals surface area contributed by atoms with E-state index < -0.39 is 37.4 Å². The van der Waals surface area contributed by atoms with Gasteiger partial charge in [0.2, 0.25) is 0 Å². The molecular formula is C34H34NO7P. The molecule has 8 nitrogen and oxygen atoms in total. The highest BCUT2D eigenvalue weighted by molar-refractivity contribution is 7.62. The van der Waals surface area contributed by atoms with Gasteiger partial charge in [0, 0.05) is 6.42 Å². The first kappa shape index (κ1) is 30.1. The second-order valence-corrected chi connectivity index (χ2v) is 13.1. The van der Waals surface area contributed by atoms with Gasteiger partial charge in [0.05, 0.1) is 12.4 Å². The standard InChI is InChI=1S/C34H34NO7P/c1-34(2,3)40-33(37)35-30(32(36)39-4)22-23-18-20-24(21-19-23)41-43(38,25-12-6-5-7-13-25)42-31-28-16-10-8-14-26(28)27-15-9-11-17-29(27)31/h5-21,30-31H,22H2,1-4H3,(H,35,37)/t30-,43-/m0/s1. The molecule has 0 aliphatic heterocycles. The van der Waals surface area contributed by atoms with Crippen molar-refractivity contribution >= 4 is 25.0 Å². The van der Waals surface area contributed by atoms with Crippen molar-refractivity contribution in [1.29, 1.82) is 0 Å². The second kappa shape index (κ2) is 12.5. The van der Waals surface area contributed by atoms with Crippen LogP contribution in [0.3, 0.4) is 0 Å². The Labute approximate surface area is 251 Å². The monoisotopic (exact) mass is 599 g/mol. The van der Waals surface area contributed by atoms with Crippen LogP contribution in [0, 0.1) is 0 Å². The molecule has 0 heterocycles. The van der Waals surface area contributed by atoms with Crippen molar-refractivity contribution in [1.82, 2.24) is 5.32 Å². The zero-order chi connectivity index (χ0) is 30.6. The Morgan fingerprint density at radius 2 is 1.37 bits per heavy atom. The van der Waals surface area contributed by atoms with Crippen LogP contribution in [-0.4, -0.2) is 30.8 Å². The number of alkyl carbamates (subject to hydrolysis) is 1. The molecule has 1 aliphatic carbocycles. The third-order valence-electron chi connectivity index (χ3n) is 6.86. The summed E-state index contributed by atoms with van der Waals surface area (Å²) in [6.45, 7) is 5.21. The summed E-state index contributed by atoms with van der Waals surface area (Å²) < 4.78 is 37.4. The second-order valence-electron chi connectivity index (χ2n) is 11.2. The topological polar surface area (TPSA) is 100 Å². The first-order valence-corrected chi connectivity index (χ1v) is 15.5. The summed E-state index contributed by atoms with van der Waals surface area (Å²) in [4.78, 5) is 24.7. The summed E-state index contributed by atoms with van der Waals surface area (Å²) in [7, 11) is -2.65. The molecule has 0 saturated heterocycles. The summed E-state index contributed by atoms with van der Waals surface area (Å²) in [6, 6.07) is 30.5. The number of hydrogen-bond donors (Lipinski definition) is 1. The number of hydrogen-bond acceptors (Lipinski definition) is 7. The highest BCUT2D eigenvalue weighted by Gasteiger charge is 2.38. The fourth-order valence-corrected chi connectivity index (χ4v) is 6.66. The molecule has 4 aromatic carbocycles. The summed E-state index contributed by atoms with van der Waals surface area (Å²) in [5.74, 6) is -0.282. The lowest BCUT2D eigenvalue weighted by molar-refractivity contribution is -0.143. The van der Waals surface area contributed by atoms with E-state index in [0.717, 1.165) is 22.3 Å². The molecule has 222 valence electrons. The maximum absolute atomic E-state index is 14.6. The van der Waals surface area contributed by atoms with E-state index in [-0.39, 0.29) is 6.42 Å². The van der Waals surface area contributed by atoms with E-state index in [1.54, 1.807) is 69.3 Å². The van der Waals surface area contributed by atoms with Crippen LogP contribution in [0.1, 0.15) is 43.6 Å². The number of esters is 1. The molecule has 1 N–H and O–H groups in total. The lowest BCUT2D eigenvalue weighted by atomic mass is 10.1. The maximum atomic E-state index is 14.6. The molecule has 1 aliphatic rings. The Morgan fingerprint density at radius 3 is 1.93 bits per heavy atom.